The number of hydrogen-bond acceptors (Lipinski definition) is 0. The van der Waals surface area contributed by atoms with Gasteiger partial charge in [-0.25, -0.2) is 0 Å². The molecule has 0 aliphatic heterocycles. The third-order valence-corrected chi connectivity index (χ3v) is 6.26. The minimum atomic E-state index is -4.35. The predicted octanol–water partition coefficient (Wildman–Crippen LogP) is 10.4. The maximum atomic E-state index is 12.8. The fraction of sp³-hybridized carbons (Fsp3) is 0.0625. The normalized spacial score (nSPS) is 12.8. The van der Waals surface area contributed by atoms with Gasteiger partial charge in [-0.05, 0) is 92.3 Å². The smallest absolute Gasteiger partial charge is 0.166 e. The summed E-state index contributed by atoms with van der Waals surface area (Å²) < 4.78 is 76.5. The zero-order valence-corrected chi connectivity index (χ0v) is 19.8. The molecule has 0 saturated carbocycles. The maximum absolute atomic E-state index is 12.8. The van der Waals surface area contributed by atoms with Crippen molar-refractivity contribution in [3.63, 3.8) is 0 Å². The molecule has 0 saturated heterocycles. The van der Waals surface area contributed by atoms with Crippen LogP contribution in [0.4, 0.5) is 26.3 Å². The van der Waals surface area contributed by atoms with E-state index in [1.807, 2.05) is 48.6 Å². The van der Waals surface area contributed by atoms with Crippen LogP contribution >= 0.6 is 0 Å². The van der Waals surface area contributed by atoms with Crippen molar-refractivity contribution < 1.29 is 26.3 Å². The summed E-state index contributed by atoms with van der Waals surface area (Å²) in [6.45, 7) is 0. The summed E-state index contributed by atoms with van der Waals surface area (Å²) in [6, 6.07) is 26.1. The SMILES string of the molecule is FC(F)(F)c1ccc(C=Cc2ccc3cc4cc(C=Cc5ccc(C(F)(F)F)cc5)ccc4cc3c2)cc1. The number of alkyl halides is 6. The molecule has 0 aliphatic carbocycles. The predicted molar refractivity (Wildman–Crippen MR) is 142 cm³/mol. The Kier molecular flexibility index (Phi) is 6.57. The highest BCUT2D eigenvalue weighted by Gasteiger charge is 2.30. The Morgan fingerprint density at radius 3 is 1.00 bits per heavy atom. The molecular formula is C32H20F6. The lowest BCUT2D eigenvalue weighted by molar-refractivity contribution is -0.138. The quantitative estimate of drug-likeness (QED) is 0.126. The van der Waals surface area contributed by atoms with Crippen LogP contribution in [0.25, 0.3) is 45.8 Å². The van der Waals surface area contributed by atoms with E-state index >= 15 is 0 Å². The van der Waals surface area contributed by atoms with Gasteiger partial charge in [-0.15, -0.1) is 0 Å². The average Bonchev–Trinajstić information content (AvgIpc) is 2.89. The van der Waals surface area contributed by atoms with Crippen molar-refractivity contribution in [1.82, 2.24) is 0 Å². The van der Waals surface area contributed by atoms with E-state index in [9.17, 15) is 26.3 Å². The lowest BCUT2D eigenvalue weighted by atomic mass is 9.99. The van der Waals surface area contributed by atoms with E-state index < -0.39 is 23.5 Å². The van der Waals surface area contributed by atoms with Gasteiger partial charge < -0.3 is 0 Å². The van der Waals surface area contributed by atoms with Crippen LogP contribution in [0, 0.1) is 0 Å². The molecule has 0 fully saturated rings. The van der Waals surface area contributed by atoms with Gasteiger partial charge in [-0.1, -0.05) is 72.8 Å². The van der Waals surface area contributed by atoms with Gasteiger partial charge in [-0.3, -0.25) is 0 Å². The summed E-state index contributed by atoms with van der Waals surface area (Å²) in [5.74, 6) is 0. The molecule has 5 rings (SSSR count). The Bertz CT molecular complexity index is 1530. The van der Waals surface area contributed by atoms with Gasteiger partial charge in [0.1, 0.15) is 0 Å². The molecule has 0 aromatic heterocycles. The van der Waals surface area contributed by atoms with Crippen LogP contribution in [-0.2, 0) is 12.4 Å². The van der Waals surface area contributed by atoms with Gasteiger partial charge >= 0.3 is 12.4 Å². The van der Waals surface area contributed by atoms with Gasteiger partial charge in [0.05, 0.1) is 11.1 Å². The van der Waals surface area contributed by atoms with Crippen LogP contribution in [0.2, 0.25) is 0 Å². The molecular weight excluding hydrogens is 498 g/mol. The van der Waals surface area contributed by atoms with Crippen molar-refractivity contribution in [2.75, 3.05) is 0 Å². The molecule has 5 aromatic carbocycles. The molecule has 0 nitrogen and oxygen atoms in total. The van der Waals surface area contributed by atoms with E-state index in [2.05, 4.69) is 12.1 Å². The second kappa shape index (κ2) is 9.86. The number of halogens is 6. The zero-order chi connectivity index (χ0) is 26.9. The molecule has 0 atom stereocenters. The molecule has 0 radical (unpaired) electrons. The summed E-state index contributed by atoms with van der Waals surface area (Å²) >= 11 is 0. The van der Waals surface area contributed by atoms with Crippen molar-refractivity contribution in [3.05, 3.63) is 130 Å². The van der Waals surface area contributed by atoms with Gasteiger partial charge in [0.2, 0.25) is 0 Å². The standard InChI is InChI=1S/C32H20F6/c33-31(34,35)29-13-7-21(8-14-29)1-3-23-5-11-25-20-28-18-24(6-12-26(28)19-27(25)17-23)4-2-22-9-15-30(16-10-22)32(36,37)38/h1-20H. The highest BCUT2D eigenvalue weighted by atomic mass is 19.4. The zero-order valence-electron chi connectivity index (χ0n) is 19.8. The van der Waals surface area contributed by atoms with Crippen LogP contribution in [-0.4, -0.2) is 0 Å². The Balaban J connectivity index is 1.35. The largest absolute Gasteiger partial charge is 0.416 e. The maximum Gasteiger partial charge on any atom is 0.416 e. The lowest BCUT2D eigenvalue weighted by Gasteiger charge is -2.07. The third kappa shape index (κ3) is 5.80. The van der Waals surface area contributed by atoms with E-state index in [1.165, 1.54) is 24.3 Å². The molecule has 0 heterocycles. The Labute approximate surface area is 215 Å². The summed E-state index contributed by atoms with van der Waals surface area (Å²) in [6.07, 6.45) is -1.43. The molecule has 0 unspecified atom stereocenters. The average molecular weight is 519 g/mol. The molecule has 0 aliphatic rings. The van der Waals surface area contributed by atoms with E-state index in [0.29, 0.717) is 11.1 Å². The molecule has 38 heavy (non-hydrogen) atoms. The first-order chi connectivity index (χ1) is 18.0. The Morgan fingerprint density at radius 2 is 0.658 bits per heavy atom. The molecule has 0 amide bonds. The van der Waals surface area contributed by atoms with Crippen LogP contribution in [0.5, 0.6) is 0 Å². The van der Waals surface area contributed by atoms with Gasteiger partial charge in [0.25, 0.3) is 0 Å². The van der Waals surface area contributed by atoms with E-state index in [0.717, 1.165) is 56.9 Å². The van der Waals surface area contributed by atoms with Crippen molar-refractivity contribution in [2.24, 2.45) is 0 Å². The van der Waals surface area contributed by atoms with Crippen molar-refractivity contribution in [1.29, 1.82) is 0 Å². The molecule has 0 bridgehead atoms. The second-order valence-corrected chi connectivity index (χ2v) is 8.97. The van der Waals surface area contributed by atoms with Crippen molar-refractivity contribution in [3.8, 4) is 0 Å². The van der Waals surface area contributed by atoms with Crippen molar-refractivity contribution in [2.45, 2.75) is 12.4 Å². The van der Waals surface area contributed by atoms with Gasteiger partial charge in [0, 0.05) is 0 Å². The first-order valence-corrected chi connectivity index (χ1v) is 11.7. The Morgan fingerprint density at radius 1 is 0.342 bits per heavy atom. The molecule has 6 heteroatoms. The monoisotopic (exact) mass is 518 g/mol. The van der Waals surface area contributed by atoms with Crippen molar-refractivity contribution >= 4 is 45.8 Å². The first kappa shape index (κ1) is 25.3. The first-order valence-electron chi connectivity index (χ1n) is 11.7. The molecule has 0 spiro atoms. The number of rotatable bonds is 4. The summed E-state index contributed by atoms with van der Waals surface area (Å²) in [7, 11) is 0. The van der Waals surface area contributed by atoms with Crippen LogP contribution < -0.4 is 0 Å². The van der Waals surface area contributed by atoms with Gasteiger partial charge in [0.15, 0.2) is 0 Å². The van der Waals surface area contributed by atoms with E-state index in [1.54, 1.807) is 12.2 Å². The minimum Gasteiger partial charge on any atom is -0.166 e. The minimum absolute atomic E-state index is 0.675. The fourth-order valence-corrected chi connectivity index (χ4v) is 4.19. The molecule has 190 valence electrons. The van der Waals surface area contributed by atoms with E-state index in [4.69, 9.17) is 0 Å². The lowest BCUT2D eigenvalue weighted by Crippen LogP contribution is -2.03. The van der Waals surface area contributed by atoms with E-state index in [-0.39, 0.29) is 0 Å². The van der Waals surface area contributed by atoms with Crippen LogP contribution in [0.15, 0.2) is 97.1 Å². The molecule has 0 N–H and O–H groups in total. The topological polar surface area (TPSA) is 0 Å². The van der Waals surface area contributed by atoms with Crippen LogP contribution in [0.1, 0.15) is 33.4 Å². The summed E-state index contributed by atoms with van der Waals surface area (Å²) in [5, 5.41) is 4.13. The highest BCUT2D eigenvalue weighted by Crippen LogP contribution is 2.31. The summed E-state index contributed by atoms with van der Waals surface area (Å²) in [5.41, 5.74) is 1.85. The molecule has 5 aromatic rings. The van der Waals surface area contributed by atoms with Gasteiger partial charge in [-0.2, -0.15) is 26.3 Å². The number of fused-ring (bicyclic) bond motifs is 2. The fourth-order valence-electron chi connectivity index (χ4n) is 4.19. The summed E-state index contributed by atoms with van der Waals surface area (Å²) in [4.78, 5) is 0. The van der Waals surface area contributed by atoms with Crippen LogP contribution in [0.3, 0.4) is 0 Å². The number of benzene rings is 5. The highest BCUT2D eigenvalue weighted by molar-refractivity contribution is 6.00. The third-order valence-electron chi connectivity index (χ3n) is 6.26. The Hall–Kier alpha value is -4.32. The number of hydrogen-bond donors (Lipinski definition) is 0. The second-order valence-electron chi connectivity index (χ2n) is 8.97.